The summed E-state index contributed by atoms with van der Waals surface area (Å²) in [5.41, 5.74) is 11.4. The third-order valence-corrected chi connectivity index (χ3v) is 11.9. The molecule has 1 aromatic carbocycles. The highest BCUT2D eigenvalue weighted by Crippen LogP contribution is 2.27. The van der Waals surface area contributed by atoms with Crippen LogP contribution < -0.4 is 54.0 Å². The van der Waals surface area contributed by atoms with Crippen LogP contribution >= 0.6 is 0 Å². The Morgan fingerprint density at radius 3 is 1.96 bits per heavy atom. The zero-order valence-electron chi connectivity index (χ0n) is 41.1. The molecule has 18 N–H and O–H groups in total. The van der Waals surface area contributed by atoms with Crippen LogP contribution in [0.25, 0.3) is 0 Å². The number of hydrogen-bond donors (Lipinski definition) is 16. The highest BCUT2D eigenvalue weighted by Gasteiger charge is 2.45. The number of rotatable bonds is 26. The zero-order chi connectivity index (χ0) is 55.8. The van der Waals surface area contributed by atoms with Gasteiger partial charge in [-0.1, -0.05) is 30.3 Å². The third kappa shape index (κ3) is 21.8. The van der Waals surface area contributed by atoms with Crippen molar-refractivity contribution in [3.05, 3.63) is 35.9 Å². The SMILES string of the molecule is COC1CC(CO)C(O)C(O)C1NC(=O)[C@H](CC(=O)NCCCCC1NC(=O)[C@H](CCCN=C(N)N)NC(=O)CNC(=O)[C@H](CC(=O)O)NC(=O)[C@@H](Cc2ccccc2)NC1=O)NC(=O)CN(CC(=O)O)CC(=O)O. The van der Waals surface area contributed by atoms with Crippen molar-refractivity contribution in [1.29, 1.82) is 0 Å². The molecule has 1 heterocycles. The van der Waals surface area contributed by atoms with Crippen molar-refractivity contribution in [2.45, 2.75) is 112 Å². The highest BCUT2D eigenvalue weighted by molar-refractivity contribution is 5.98. The molecule has 0 spiro atoms. The summed E-state index contributed by atoms with van der Waals surface area (Å²) in [5, 5.41) is 78.7. The van der Waals surface area contributed by atoms with Crippen molar-refractivity contribution in [2.24, 2.45) is 22.4 Å². The third-order valence-electron chi connectivity index (χ3n) is 11.9. The van der Waals surface area contributed by atoms with Gasteiger partial charge in [-0.3, -0.25) is 62.6 Å². The molecule has 10 atom stereocenters. The number of carboxylic acid groups (broad SMARTS) is 3. The van der Waals surface area contributed by atoms with Crippen molar-refractivity contribution in [3.63, 3.8) is 0 Å². The average molecular weight is 1070 g/mol. The number of nitrogens with one attached hydrogen (secondary N) is 8. The van der Waals surface area contributed by atoms with Gasteiger partial charge in [0.15, 0.2) is 5.96 Å². The molecule has 416 valence electrons. The molecule has 1 aliphatic carbocycles. The first kappa shape index (κ1) is 61.8. The van der Waals surface area contributed by atoms with Gasteiger partial charge in [0, 0.05) is 39.1 Å². The molecular formula is C45H68N12O18. The van der Waals surface area contributed by atoms with Crippen molar-refractivity contribution in [1.82, 2.24) is 47.4 Å². The van der Waals surface area contributed by atoms with Crippen LogP contribution in [0.15, 0.2) is 35.3 Å². The number of amides is 8. The van der Waals surface area contributed by atoms with E-state index in [-0.39, 0.29) is 64.0 Å². The molecule has 1 aromatic rings. The summed E-state index contributed by atoms with van der Waals surface area (Å²) < 4.78 is 5.39. The number of methoxy groups -OCH3 is 1. The first-order valence-corrected chi connectivity index (χ1v) is 23.8. The number of ether oxygens (including phenoxy) is 1. The number of nitrogens with two attached hydrogens (primary N) is 2. The monoisotopic (exact) mass is 1060 g/mol. The van der Waals surface area contributed by atoms with Gasteiger partial charge in [0.25, 0.3) is 0 Å². The van der Waals surface area contributed by atoms with E-state index in [9.17, 15) is 83.4 Å². The Balaban J connectivity index is 1.86. The molecule has 2 fully saturated rings. The van der Waals surface area contributed by atoms with E-state index >= 15 is 0 Å². The summed E-state index contributed by atoms with van der Waals surface area (Å²) in [6.07, 6.45) is -6.00. The summed E-state index contributed by atoms with van der Waals surface area (Å²) >= 11 is 0. The average Bonchev–Trinajstić information content (AvgIpc) is 3.33. The second-order valence-electron chi connectivity index (χ2n) is 17.8. The summed E-state index contributed by atoms with van der Waals surface area (Å²) in [6.45, 7) is -3.99. The van der Waals surface area contributed by atoms with Crippen LogP contribution in [0, 0.1) is 5.92 Å². The van der Waals surface area contributed by atoms with Gasteiger partial charge >= 0.3 is 17.9 Å². The highest BCUT2D eigenvalue weighted by atomic mass is 16.5. The number of unbranched alkanes of at least 4 members (excludes halogenated alkanes) is 1. The Bertz CT molecular complexity index is 2180. The summed E-state index contributed by atoms with van der Waals surface area (Å²) in [5.74, 6) is -13.1. The van der Waals surface area contributed by atoms with E-state index in [1.165, 1.54) is 7.11 Å². The van der Waals surface area contributed by atoms with Gasteiger partial charge in [-0.2, -0.15) is 0 Å². The Morgan fingerprint density at radius 1 is 0.760 bits per heavy atom. The molecule has 0 radical (unpaired) electrons. The van der Waals surface area contributed by atoms with Crippen LogP contribution in [0.1, 0.15) is 56.9 Å². The quantitative estimate of drug-likeness (QED) is 0.0233. The number of benzene rings is 1. The van der Waals surface area contributed by atoms with E-state index < -0.39 is 171 Å². The van der Waals surface area contributed by atoms with Crippen LogP contribution in [0.5, 0.6) is 0 Å². The molecule has 30 heteroatoms. The van der Waals surface area contributed by atoms with E-state index in [1.807, 2.05) is 0 Å². The van der Waals surface area contributed by atoms with Crippen LogP contribution in [-0.4, -0.2) is 214 Å². The van der Waals surface area contributed by atoms with Crippen molar-refractivity contribution in [3.8, 4) is 0 Å². The fourth-order valence-electron chi connectivity index (χ4n) is 8.16. The van der Waals surface area contributed by atoms with Gasteiger partial charge in [-0.15, -0.1) is 0 Å². The van der Waals surface area contributed by atoms with Crippen LogP contribution in [0.3, 0.4) is 0 Å². The Labute approximate surface area is 429 Å². The van der Waals surface area contributed by atoms with Crippen molar-refractivity contribution >= 4 is 71.1 Å². The zero-order valence-corrected chi connectivity index (χ0v) is 41.1. The molecule has 1 saturated heterocycles. The van der Waals surface area contributed by atoms with Crippen molar-refractivity contribution < 1.29 is 88.1 Å². The topological polar surface area (TPSA) is 482 Å². The minimum atomic E-state index is -1.75. The first-order valence-electron chi connectivity index (χ1n) is 23.8. The second-order valence-corrected chi connectivity index (χ2v) is 17.8. The Morgan fingerprint density at radius 2 is 1.36 bits per heavy atom. The molecule has 2 aliphatic rings. The number of carbonyl (C=O) groups is 11. The number of carboxylic acids is 3. The molecule has 1 aliphatic heterocycles. The minimum absolute atomic E-state index is 0.0183. The first-order chi connectivity index (χ1) is 35.5. The lowest BCUT2D eigenvalue weighted by molar-refractivity contribution is -0.144. The Kier molecular flexibility index (Phi) is 25.7. The second kappa shape index (κ2) is 31.3. The predicted molar refractivity (Wildman–Crippen MR) is 258 cm³/mol. The number of carbonyl (C=O) groups excluding carboxylic acids is 8. The largest absolute Gasteiger partial charge is 0.481 e. The molecule has 1 saturated carbocycles. The predicted octanol–water partition coefficient (Wildman–Crippen LogP) is -7.31. The van der Waals surface area contributed by atoms with Gasteiger partial charge < -0.3 is 89.4 Å². The summed E-state index contributed by atoms with van der Waals surface area (Å²) in [4.78, 5) is 148. The fraction of sp³-hybridized carbons (Fsp3) is 0.600. The standard InChI is InChI=1S/C45H68N12O18/c1-75-30-15-24(22-58)38(68)39(69)37(30)56-44(74)28(52-33(61)19-57(20-35(64)65)21-36(66)67)16-31(59)48-12-6-5-10-26-42(72)54-27(14-23-8-3-2-4-9-23)43(73)55-29(17-34(62)63)40(70)50-18-32(60)51-25(41(71)53-26)11-7-13-49-45(46)47/h2-4,8-9,24-30,37-39,58,68-69H,5-7,10-22H2,1H3,(H,48,59)(H,50,70)(H,51,60)(H,52,61)(H,53,71)(H,54,72)(H,55,73)(H,56,74)(H,62,63)(H,64,65)(H,66,67)(H4,46,47,49)/t24?,25-,26?,27+,28-,29-,30?,37?,38?,39?/m0/s1. The molecule has 30 nitrogen and oxygen atoms in total. The summed E-state index contributed by atoms with van der Waals surface area (Å²) in [7, 11) is 1.25. The van der Waals surface area contributed by atoms with Crippen LogP contribution in [0.2, 0.25) is 0 Å². The van der Waals surface area contributed by atoms with Gasteiger partial charge in [-0.25, -0.2) is 0 Å². The fourth-order valence-corrected chi connectivity index (χ4v) is 8.16. The molecule has 3 rings (SSSR count). The van der Waals surface area contributed by atoms with E-state index in [4.69, 9.17) is 16.2 Å². The molecule has 0 bridgehead atoms. The number of aliphatic hydroxyl groups excluding tert-OH is 3. The van der Waals surface area contributed by atoms with Gasteiger partial charge in [-0.05, 0) is 44.1 Å². The molecular weight excluding hydrogens is 997 g/mol. The van der Waals surface area contributed by atoms with E-state index in [2.05, 4.69) is 47.5 Å². The van der Waals surface area contributed by atoms with Gasteiger partial charge in [0.05, 0.1) is 57.3 Å². The van der Waals surface area contributed by atoms with E-state index in [0.29, 0.717) is 5.56 Å². The molecule has 6 unspecified atom stereocenters. The maximum Gasteiger partial charge on any atom is 0.317 e. The smallest absolute Gasteiger partial charge is 0.317 e. The lowest BCUT2D eigenvalue weighted by Crippen LogP contribution is -2.64. The number of aliphatic imine (C=N–C) groups is 1. The van der Waals surface area contributed by atoms with Crippen LogP contribution in [0.4, 0.5) is 0 Å². The molecule has 75 heavy (non-hydrogen) atoms. The number of guanidine groups is 1. The van der Waals surface area contributed by atoms with Crippen LogP contribution in [-0.2, 0) is 63.9 Å². The van der Waals surface area contributed by atoms with Gasteiger partial charge in [0.1, 0.15) is 36.3 Å². The van der Waals surface area contributed by atoms with Gasteiger partial charge in [0.2, 0.25) is 47.3 Å². The normalized spacial score (nSPS) is 24.0. The maximum atomic E-state index is 14.2. The number of hydrogen-bond acceptors (Lipinski definition) is 17. The minimum Gasteiger partial charge on any atom is -0.481 e. The molecule has 0 aromatic heterocycles. The van der Waals surface area contributed by atoms with E-state index in [0.717, 1.165) is 4.90 Å². The van der Waals surface area contributed by atoms with E-state index in [1.54, 1.807) is 30.3 Å². The maximum absolute atomic E-state index is 14.2. The summed E-state index contributed by atoms with van der Waals surface area (Å²) in [6, 6.07) is -0.682. The Hall–Kier alpha value is -7.54. The molecule has 8 amide bonds. The number of nitrogens with zero attached hydrogens (tertiary/aromatic N) is 2. The van der Waals surface area contributed by atoms with Crippen molar-refractivity contribution in [2.75, 3.05) is 53.0 Å². The number of aliphatic hydroxyl groups is 3. The lowest BCUT2D eigenvalue weighted by atomic mass is 9.79. The lowest BCUT2D eigenvalue weighted by Gasteiger charge is -2.42. The number of aliphatic carboxylic acids is 3.